The summed E-state index contributed by atoms with van der Waals surface area (Å²) < 4.78 is 5.46. The fraction of sp³-hybridized carbons (Fsp3) is 0.882. The Morgan fingerprint density at radius 1 is 1.14 bits per heavy atom. The second-order valence-corrected chi connectivity index (χ2v) is 7.39. The van der Waals surface area contributed by atoms with Gasteiger partial charge in [0, 0.05) is 6.42 Å². The van der Waals surface area contributed by atoms with Crippen LogP contribution in [0.3, 0.4) is 0 Å². The molecule has 2 N–H and O–H groups in total. The van der Waals surface area contributed by atoms with Gasteiger partial charge in [0.1, 0.15) is 0 Å². The van der Waals surface area contributed by atoms with Gasteiger partial charge in [0.25, 0.3) is 0 Å². The largest absolute Gasteiger partial charge is 0.339 e. The first-order valence-electron chi connectivity index (χ1n) is 8.78. The van der Waals surface area contributed by atoms with Crippen LogP contribution in [0.4, 0.5) is 0 Å². The number of aromatic nitrogens is 2. The van der Waals surface area contributed by atoms with Crippen molar-refractivity contribution in [2.45, 2.75) is 83.1 Å². The zero-order chi connectivity index (χ0) is 14.7. The number of hydrogen-bond acceptors (Lipinski definition) is 4. The van der Waals surface area contributed by atoms with Gasteiger partial charge in [-0.15, -0.1) is 0 Å². The topological polar surface area (TPSA) is 64.9 Å². The lowest BCUT2D eigenvalue weighted by Crippen LogP contribution is -2.41. The number of hydrogen-bond donors (Lipinski definition) is 1. The minimum Gasteiger partial charge on any atom is -0.339 e. The van der Waals surface area contributed by atoms with Gasteiger partial charge in [-0.25, -0.2) is 0 Å². The molecule has 2 saturated carbocycles. The summed E-state index contributed by atoms with van der Waals surface area (Å²) in [5.41, 5.74) is 6.16. The summed E-state index contributed by atoms with van der Waals surface area (Å²) in [7, 11) is 0. The van der Waals surface area contributed by atoms with E-state index >= 15 is 0 Å². The van der Waals surface area contributed by atoms with Gasteiger partial charge in [0.05, 0.1) is 5.54 Å². The Labute approximate surface area is 127 Å². The van der Waals surface area contributed by atoms with E-state index in [-0.39, 0.29) is 5.54 Å². The van der Waals surface area contributed by atoms with Crippen LogP contribution >= 0.6 is 0 Å². The highest BCUT2D eigenvalue weighted by Crippen LogP contribution is 2.36. The first-order valence-corrected chi connectivity index (χ1v) is 8.78. The van der Waals surface area contributed by atoms with Gasteiger partial charge < -0.3 is 10.3 Å². The monoisotopic (exact) mass is 291 g/mol. The molecule has 21 heavy (non-hydrogen) atoms. The third kappa shape index (κ3) is 3.65. The summed E-state index contributed by atoms with van der Waals surface area (Å²) in [6.45, 7) is 2.30. The molecule has 1 aromatic heterocycles. The molecule has 2 fully saturated rings. The third-order valence-corrected chi connectivity index (χ3v) is 5.57. The highest BCUT2D eigenvalue weighted by Gasteiger charge is 2.36. The van der Waals surface area contributed by atoms with E-state index < -0.39 is 0 Å². The lowest BCUT2D eigenvalue weighted by atomic mass is 9.77. The van der Waals surface area contributed by atoms with E-state index in [2.05, 4.69) is 17.1 Å². The Hall–Kier alpha value is -0.900. The molecular formula is C17H29N3O. The second kappa shape index (κ2) is 6.47. The van der Waals surface area contributed by atoms with Crippen LogP contribution in [0.1, 0.15) is 82.8 Å². The maximum atomic E-state index is 6.51. The van der Waals surface area contributed by atoms with Crippen molar-refractivity contribution in [1.82, 2.24) is 10.1 Å². The Balaban J connectivity index is 1.55. The molecule has 0 atom stereocenters. The van der Waals surface area contributed by atoms with Crippen LogP contribution in [0.2, 0.25) is 0 Å². The van der Waals surface area contributed by atoms with Crippen molar-refractivity contribution < 1.29 is 4.52 Å². The van der Waals surface area contributed by atoms with E-state index in [0.29, 0.717) is 0 Å². The van der Waals surface area contributed by atoms with Crippen molar-refractivity contribution >= 4 is 0 Å². The molecule has 0 aliphatic heterocycles. The van der Waals surface area contributed by atoms with Crippen LogP contribution in [0.5, 0.6) is 0 Å². The molecular weight excluding hydrogens is 262 g/mol. The lowest BCUT2D eigenvalue weighted by Gasteiger charge is -2.33. The van der Waals surface area contributed by atoms with Crippen molar-refractivity contribution in [3.05, 3.63) is 11.7 Å². The Bertz CT molecular complexity index is 443. The predicted molar refractivity (Wildman–Crippen MR) is 82.7 cm³/mol. The summed E-state index contributed by atoms with van der Waals surface area (Å²) in [6, 6.07) is 0. The highest BCUT2D eigenvalue weighted by molar-refractivity contribution is 5.06. The maximum Gasteiger partial charge on any atom is 0.226 e. The van der Waals surface area contributed by atoms with Crippen LogP contribution in [-0.2, 0) is 12.0 Å². The zero-order valence-corrected chi connectivity index (χ0v) is 13.3. The molecule has 0 radical (unpaired) electrons. The molecule has 118 valence electrons. The van der Waals surface area contributed by atoms with E-state index in [4.69, 9.17) is 10.3 Å². The average molecular weight is 291 g/mol. The van der Waals surface area contributed by atoms with E-state index in [1.54, 1.807) is 0 Å². The number of nitrogens with two attached hydrogens (primary N) is 1. The number of nitrogens with zero attached hydrogens (tertiary/aromatic N) is 2. The van der Waals surface area contributed by atoms with Crippen LogP contribution in [0.25, 0.3) is 0 Å². The van der Waals surface area contributed by atoms with Gasteiger partial charge in [0.15, 0.2) is 5.82 Å². The minimum absolute atomic E-state index is 0.348. The molecule has 1 aromatic rings. The first kappa shape index (κ1) is 15.0. The minimum atomic E-state index is -0.348. The van der Waals surface area contributed by atoms with Crippen LogP contribution in [-0.4, -0.2) is 10.1 Å². The van der Waals surface area contributed by atoms with Gasteiger partial charge in [-0.3, -0.25) is 0 Å². The number of rotatable bonds is 4. The van der Waals surface area contributed by atoms with E-state index in [1.165, 1.54) is 51.4 Å². The van der Waals surface area contributed by atoms with Crippen molar-refractivity contribution in [3.63, 3.8) is 0 Å². The smallest absolute Gasteiger partial charge is 0.226 e. The van der Waals surface area contributed by atoms with Crippen molar-refractivity contribution in [1.29, 1.82) is 0 Å². The van der Waals surface area contributed by atoms with E-state index in [0.717, 1.165) is 42.8 Å². The van der Waals surface area contributed by atoms with Gasteiger partial charge in [-0.2, -0.15) is 4.98 Å². The summed E-state index contributed by atoms with van der Waals surface area (Å²) in [4.78, 5) is 4.61. The summed E-state index contributed by atoms with van der Waals surface area (Å²) in [6.07, 6.45) is 13.4. The molecule has 4 heteroatoms. The molecule has 3 rings (SSSR count). The standard InChI is InChI=1S/C17H29N3O/c1-13-9-11-17(18,12-10-13)16-19-15(21-20-16)8-7-14-5-3-2-4-6-14/h13-14H,2-12,18H2,1H3. The van der Waals surface area contributed by atoms with E-state index in [9.17, 15) is 0 Å². The molecule has 0 amide bonds. The summed E-state index contributed by atoms with van der Waals surface area (Å²) in [5.74, 6) is 3.17. The third-order valence-electron chi connectivity index (χ3n) is 5.57. The normalized spacial score (nSPS) is 31.4. The molecule has 0 spiro atoms. The van der Waals surface area contributed by atoms with Crippen molar-refractivity contribution in [3.8, 4) is 0 Å². The molecule has 2 aliphatic carbocycles. The van der Waals surface area contributed by atoms with Crippen molar-refractivity contribution in [2.24, 2.45) is 17.6 Å². The van der Waals surface area contributed by atoms with E-state index in [1.807, 2.05) is 0 Å². The van der Waals surface area contributed by atoms with Crippen molar-refractivity contribution in [2.75, 3.05) is 0 Å². The highest BCUT2D eigenvalue weighted by atomic mass is 16.5. The molecule has 0 bridgehead atoms. The average Bonchev–Trinajstić information content (AvgIpc) is 2.99. The van der Waals surface area contributed by atoms with Crippen LogP contribution in [0, 0.1) is 11.8 Å². The number of aryl methyl sites for hydroxylation is 1. The van der Waals surface area contributed by atoms with Gasteiger partial charge in [-0.05, 0) is 43.9 Å². The Kier molecular flexibility index (Phi) is 4.63. The summed E-state index contributed by atoms with van der Waals surface area (Å²) >= 11 is 0. The molecule has 2 aliphatic rings. The Morgan fingerprint density at radius 3 is 2.57 bits per heavy atom. The SMILES string of the molecule is CC1CCC(N)(c2noc(CCC3CCCCC3)n2)CC1. The van der Waals surface area contributed by atoms with Gasteiger partial charge >= 0.3 is 0 Å². The molecule has 1 heterocycles. The summed E-state index contributed by atoms with van der Waals surface area (Å²) in [5, 5.41) is 4.19. The second-order valence-electron chi connectivity index (χ2n) is 7.39. The Morgan fingerprint density at radius 2 is 1.86 bits per heavy atom. The molecule has 0 saturated heterocycles. The first-order chi connectivity index (χ1) is 10.2. The fourth-order valence-electron chi connectivity index (χ4n) is 3.86. The van der Waals surface area contributed by atoms with Gasteiger partial charge in [0.2, 0.25) is 5.89 Å². The molecule has 0 unspecified atom stereocenters. The van der Waals surface area contributed by atoms with Crippen LogP contribution < -0.4 is 5.73 Å². The maximum absolute atomic E-state index is 6.51. The molecule has 0 aromatic carbocycles. The quantitative estimate of drug-likeness (QED) is 0.912. The predicted octanol–water partition coefficient (Wildman–Crippen LogP) is 3.95. The van der Waals surface area contributed by atoms with Crippen LogP contribution in [0.15, 0.2) is 4.52 Å². The molecule has 4 nitrogen and oxygen atoms in total. The van der Waals surface area contributed by atoms with Gasteiger partial charge in [-0.1, -0.05) is 44.2 Å². The fourth-order valence-corrected chi connectivity index (χ4v) is 3.86. The lowest BCUT2D eigenvalue weighted by molar-refractivity contribution is 0.229. The zero-order valence-electron chi connectivity index (χ0n) is 13.3.